The van der Waals surface area contributed by atoms with Crippen LogP contribution in [-0.2, 0) is 10.0 Å². The van der Waals surface area contributed by atoms with Crippen LogP contribution >= 0.6 is 11.6 Å². The standard InChI is InChI=1S/C13H11ClNO3S/c1-18-12-4-2-3-5-13(12)19(16,17)15-11-8-6-10(14)7-9-11/h2-8,15H,1H3. The van der Waals surface area contributed by atoms with Crippen LogP contribution in [0.2, 0.25) is 5.02 Å². The van der Waals surface area contributed by atoms with Crippen molar-refractivity contribution in [3.05, 3.63) is 53.6 Å². The molecule has 4 nitrogen and oxygen atoms in total. The Kier molecular flexibility index (Phi) is 3.97. The second-order valence-electron chi connectivity index (χ2n) is 3.68. The fourth-order valence-electron chi connectivity index (χ4n) is 1.51. The first-order chi connectivity index (χ1) is 9.03. The first kappa shape index (κ1) is 13.7. The van der Waals surface area contributed by atoms with Crippen LogP contribution < -0.4 is 9.46 Å². The molecule has 0 aliphatic rings. The maximum atomic E-state index is 12.2. The van der Waals surface area contributed by atoms with E-state index in [1.165, 1.54) is 25.3 Å². The Labute approximate surface area is 117 Å². The molecule has 0 bridgehead atoms. The van der Waals surface area contributed by atoms with Crippen molar-refractivity contribution in [2.45, 2.75) is 4.90 Å². The highest BCUT2D eigenvalue weighted by molar-refractivity contribution is 7.92. The Balaban J connectivity index is 2.35. The van der Waals surface area contributed by atoms with E-state index in [1.54, 1.807) is 24.3 Å². The molecule has 19 heavy (non-hydrogen) atoms. The van der Waals surface area contributed by atoms with Gasteiger partial charge in [-0.3, -0.25) is 4.72 Å². The number of sulfonamides is 1. The van der Waals surface area contributed by atoms with Crippen molar-refractivity contribution in [3.8, 4) is 5.75 Å². The van der Waals surface area contributed by atoms with Crippen LogP contribution in [0.3, 0.4) is 0 Å². The molecule has 99 valence electrons. The monoisotopic (exact) mass is 296 g/mol. The zero-order chi connectivity index (χ0) is 13.9. The normalized spacial score (nSPS) is 11.1. The van der Waals surface area contributed by atoms with Gasteiger partial charge >= 0.3 is 0 Å². The molecule has 0 aliphatic carbocycles. The topological polar surface area (TPSA) is 55.4 Å². The molecule has 0 atom stereocenters. The third-order valence-corrected chi connectivity index (χ3v) is 4.02. The lowest BCUT2D eigenvalue weighted by Gasteiger charge is -2.11. The van der Waals surface area contributed by atoms with Crippen LogP contribution in [0.25, 0.3) is 0 Å². The first-order valence-corrected chi connectivity index (χ1v) is 7.22. The Morgan fingerprint density at radius 1 is 1.21 bits per heavy atom. The van der Waals surface area contributed by atoms with Crippen molar-refractivity contribution < 1.29 is 13.2 Å². The highest BCUT2D eigenvalue weighted by Crippen LogP contribution is 2.25. The van der Waals surface area contributed by atoms with E-state index in [9.17, 15) is 8.42 Å². The van der Waals surface area contributed by atoms with Crippen LogP contribution in [0.5, 0.6) is 5.75 Å². The van der Waals surface area contributed by atoms with Gasteiger partial charge in [-0.15, -0.1) is 0 Å². The van der Waals surface area contributed by atoms with Gasteiger partial charge in [0.2, 0.25) is 0 Å². The molecule has 0 heterocycles. The van der Waals surface area contributed by atoms with Gasteiger partial charge in [0.05, 0.1) is 12.8 Å². The van der Waals surface area contributed by atoms with E-state index in [1.807, 2.05) is 0 Å². The average molecular weight is 297 g/mol. The molecule has 2 aromatic carbocycles. The van der Waals surface area contributed by atoms with Gasteiger partial charge in [0.15, 0.2) is 0 Å². The van der Waals surface area contributed by atoms with Gasteiger partial charge < -0.3 is 4.74 Å². The Hall–Kier alpha value is -1.72. The number of benzene rings is 2. The molecule has 0 fully saturated rings. The minimum atomic E-state index is -3.72. The molecule has 1 N–H and O–H groups in total. The van der Waals surface area contributed by atoms with E-state index in [0.29, 0.717) is 10.7 Å². The van der Waals surface area contributed by atoms with Crippen molar-refractivity contribution in [2.24, 2.45) is 0 Å². The van der Waals surface area contributed by atoms with Crippen LogP contribution in [-0.4, -0.2) is 15.5 Å². The van der Waals surface area contributed by atoms with E-state index in [-0.39, 0.29) is 10.6 Å². The van der Waals surface area contributed by atoms with Crippen LogP contribution in [0.15, 0.2) is 47.4 Å². The molecule has 0 saturated heterocycles. The smallest absolute Gasteiger partial charge is 0.265 e. The predicted molar refractivity (Wildman–Crippen MR) is 74.1 cm³/mol. The summed E-state index contributed by atoms with van der Waals surface area (Å²) in [5.74, 6) is 0.281. The van der Waals surface area contributed by atoms with Crippen molar-refractivity contribution in [1.82, 2.24) is 0 Å². The minimum absolute atomic E-state index is 0.0702. The molecule has 2 aromatic rings. The molecule has 0 amide bonds. The SMILES string of the molecule is COc1ccccc1S(=O)(=O)Nc1[c]cc(Cl)cc1. The molecular formula is C13H11ClNO3S. The van der Waals surface area contributed by atoms with Crippen LogP contribution in [0.4, 0.5) is 5.69 Å². The van der Waals surface area contributed by atoms with Crippen molar-refractivity contribution >= 4 is 27.3 Å². The van der Waals surface area contributed by atoms with Crippen LogP contribution in [0.1, 0.15) is 0 Å². The Bertz CT molecular complexity index is 669. The largest absolute Gasteiger partial charge is 0.495 e. The summed E-state index contributed by atoms with van der Waals surface area (Å²) in [4.78, 5) is 0.0702. The van der Waals surface area contributed by atoms with E-state index in [4.69, 9.17) is 16.3 Å². The molecular weight excluding hydrogens is 286 g/mol. The molecule has 6 heteroatoms. The molecule has 0 saturated carbocycles. The van der Waals surface area contributed by atoms with Gasteiger partial charge in [-0.05, 0) is 30.3 Å². The maximum Gasteiger partial charge on any atom is 0.265 e. The molecule has 0 aromatic heterocycles. The third-order valence-electron chi connectivity index (χ3n) is 2.38. The van der Waals surface area contributed by atoms with E-state index in [0.717, 1.165) is 0 Å². The minimum Gasteiger partial charge on any atom is -0.495 e. The number of halogens is 1. The van der Waals surface area contributed by atoms with Gasteiger partial charge in [-0.1, -0.05) is 23.7 Å². The highest BCUT2D eigenvalue weighted by Gasteiger charge is 2.18. The zero-order valence-electron chi connectivity index (χ0n) is 10.1. The number of nitrogens with one attached hydrogen (secondary N) is 1. The second-order valence-corrected chi connectivity index (χ2v) is 5.76. The maximum absolute atomic E-state index is 12.2. The molecule has 2 rings (SSSR count). The Morgan fingerprint density at radius 3 is 2.58 bits per heavy atom. The summed E-state index contributed by atoms with van der Waals surface area (Å²) < 4.78 is 31.9. The lowest BCUT2D eigenvalue weighted by atomic mass is 10.3. The van der Waals surface area contributed by atoms with Gasteiger partial charge in [-0.2, -0.15) is 0 Å². The van der Waals surface area contributed by atoms with Crippen molar-refractivity contribution in [2.75, 3.05) is 11.8 Å². The summed E-state index contributed by atoms with van der Waals surface area (Å²) >= 11 is 5.72. The predicted octanol–water partition coefficient (Wildman–Crippen LogP) is 2.95. The van der Waals surface area contributed by atoms with Crippen LogP contribution in [0, 0.1) is 6.07 Å². The summed E-state index contributed by atoms with van der Waals surface area (Å²) in [6, 6.07) is 13.7. The average Bonchev–Trinajstić information content (AvgIpc) is 2.41. The molecule has 1 radical (unpaired) electrons. The van der Waals surface area contributed by atoms with E-state index >= 15 is 0 Å². The summed E-state index contributed by atoms with van der Waals surface area (Å²) in [6.45, 7) is 0. The van der Waals surface area contributed by atoms with Gasteiger partial charge in [0, 0.05) is 11.1 Å². The molecule has 0 spiro atoms. The lowest BCUT2D eigenvalue weighted by Crippen LogP contribution is -2.14. The summed E-state index contributed by atoms with van der Waals surface area (Å²) in [5.41, 5.74) is 0.315. The number of ether oxygens (including phenoxy) is 1. The zero-order valence-corrected chi connectivity index (χ0v) is 11.6. The summed E-state index contributed by atoms with van der Waals surface area (Å²) in [5, 5.41) is 0.486. The number of anilines is 1. The highest BCUT2D eigenvalue weighted by atomic mass is 35.5. The fraction of sp³-hybridized carbons (Fsp3) is 0.0769. The van der Waals surface area contributed by atoms with E-state index < -0.39 is 10.0 Å². The third kappa shape index (κ3) is 3.19. The number of rotatable bonds is 4. The first-order valence-electron chi connectivity index (χ1n) is 5.36. The second kappa shape index (κ2) is 5.50. The van der Waals surface area contributed by atoms with E-state index in [2.05, 4.69) is 10.8 Å². The number of para-hydroxylation sites is 1. The van der Waals surface area contributed by atoms with Gasteiger partial charge in [-0.25, -0.2) is 8.42 Å². The number of hydrogen-bond donors (Lipinski definition) is 1. The number of hydrogen-bond acceptors (Lipinski definition) is 3. The number of methoxy groups -OCH3 is 1. The molecule has 0 aliphatic heterocycles. The molecule has 0 unspecified atom stereocenters. The summed E-state index contributed by atoms with van der Waals surface area (Å²) in [7, 11) is -2.30. The fourth-order valence-corrected chi connectivity index (χ4v) is 2.83. The van der Waals surface area contributed by atoms with Crippen molar-refractivity contribution in [3.63, 3.8) is 0 Å². The quantitative estimate of drug-likeness (QED) is 0.944. The van der Waals surface area contributed by atoms with Crippen molar-refractivity contribution in [1.29, 1.82) is 0 Å². The van der Waals surface area contributed by atoms with Gasteiger partial charge in [0.1, 0.15) is 10.6 Å². The lowest BCUT2D eigenvalue weighted by molar-refractivity contribution is 0.403. The van der Waals surface area contributed by atoms with Gasteiger partial charge in [0.25, 0.3) is 10.0 Å². The Morgan fingerprint density at radius 2 is 1.95 bits per heavy atom. The summed E-state index contributed by atoms with van der Waals surface area (Å²) in [6.07, 6.45) is 0.